The van der Waals surface area contributed by atoms with Crippen LogP contribution in [-0.2, 0) is 5.75 Å². The lowest BCUT2D eigenvalue weighted by molar-refractivity contribution is 0.602. The molecule has 0 unspecified atom stereocenters. The molecule has 0 saturated heterocycles. The van der Waals surface area contributed by atoms with Gasteiger partial charge in [0.25, 0.3) is 0 Å². The largest absolute Gasteiger partial charge is 0.206 e. The van der Waals surface area contributed by atoms with E-state index >= 15 is 0 Å². The summed E-state index contributed by atoms with van der Waals surface area (Å²) in [6.07, 6.45) is 0. The molecule has 0 spiro atoms. The van der Waals surface area contributed by atoms with Crippen LogP contribution in [0.3, 0.4) is 0 Å². The van der Waals surface area contributed by atoms with Crippen molar-refractivity contribution >= 4 is 27.7 Å². The van der Waals surface area contributed by atoms with E-state index in [4.69, 9.17) is 0 Å². The summed E-state index contributed by atoms with van der Waals surface area (Å²) in [5, 5.41) is 0. The minimum atomic E-state index is -0.295. The summed E-state index contributed by atoms with van der Waals surface area (Å²) in [4.78, 5) is 0.573. The van der Waals surface area contributed by atoms with Crippen molar-refractivity contribution in [1.82, 2.24) is 0 Å². The number of hydrogen-bond donors (Lipinski definition) is 0. The van der Waals surface area contributed by atoms with Gasteiger partial charge in [-0.2, -0.15) is 0 Å². The molecule has 0 aliphatic rings. The highest BCUT2D eigenvalue weighted by Gasteiger charge is 2.07. The topological polar surface area (TPSA) is 0 Å². The number of rotatable bonds is 3. The van der Waals surface area contributed by atoms with Gasteiger partial charge in [-0.1, -0.05) is 24.3 Å². The van der Waals surface area contributed by atoms with Crippen LogP contribution >= 0.6 is 27.7 Å². The molecule has 0 fully saturated rings. The fourth-order valence-corrected chi connectivity index (χ4v) is 2.90. The predicted molar refractivity (Wildman–Crippen MR) is 70.1 cm³/mol. The highest BCUT2D eigenvalue weighted by Crippen LogP contribution is 2.29. The van der Waals surface area contributed by atoms with Crippen LogP contribution in [0.25, 0.3) is 0 Å². The van der Waals surface area contributed by atoms with Gasteiger partial charge in [-0.15, -0.1) is 11.8 Å². The lowest BCUT2D eigenvalue weighted by Crippen LogP contribution is -1.87. The Morgan fingerprint density at radius 2 is 1.65 bits per heavy atom. The molecule has 0 bridgehead atoms. The zero-order chi connectivity index (χ0) is 12.3. The molecule has 0 N–H and O–H groups in total. The van der Waals surface area contributed by atoms with E-state index in [1.807, 2.05) is 6.07 Å². The molecule has 0 aliphatic heterocycles. The molecule has 0 radical (unpaired) electrons. The Bertz CT molecular complexity index is 529. The maximum atomic E-state index is 13.4. The molecule has 0 aliphatic carbocycles. The molecule has 2 aromatic carbocycles. The van der Waals surface area contributed by atoms with E-state index in [1.54, 1.807) is 24.3 Å². The Kier molecular flexibility index (Phi) is 4.18. The summed E-state index contributed by atoms with van der Waals surface area (Å²) in [5.41, 5.74) is 0.818. The summed E-state index contributed by atoms with van der Waals surface area (Å²) in [6.45, 7) is 0. The maximum Gasteiger partial charge on any atom is 0.137 e. The minimum Gasteiger partial charge on any atom is -0.206 e. The van der Waals surface area contributed by atoms with Crippen molar-refractivity contribution in [3.63, 3.8) is 0 Å². The summed E-state index contributed by atoms with van der Waals surface area (Å²) in [7, 11) is 0. The summed E-state index contributed by atoms with van der Waals surface area (Å²) in [5.74, 6) is -0.0131. The van der Waals surface area contributed by atoms with Gasteiger partial charge in [0.15, 0.2) is 0 Å². The summed E-state index contributed by atoms with van der Waals surface area (Å²) >= 11 is 4.54. The van der Waals surface area contributed by atoms with Crippen LogP contribution in [0.4, 0.5) is 8.78 Å². The molecule has 0 atom stereocenters. The van der Waals surface area contributed by atoms with Crippen molar-refractivity contribution in [3.8, 4) is 0 Å². The van der Waals surface area contributed by atoms with Crippen LogP contribution in [0.1, 0.15) is 5.56 Å². The Morgan fingerprint density at radius 3 is 2.41 bits per heavy atom. The van der Waals surface area contributed by atoms with Crippen molar-refractivity contribution < 1.29 is 8.78 Å². The Labute approximate surface area is 111 Å². The van der Waals surface area contributed by atoms with Gasteiger partial charge in [-0.3, -0.25) is 0 Å². The fraction of sp³-hybridized carbons (Fsp3) is 0.0769. The number of halogens is 3. The molecule has 2 aromatic rings. The van der Waals surface area contributed by atoms with Gasteiger partial charge in [0.1, 0.15) is 11.6 Å². The van der Waals surface area contributed by atoms with Crippen LogP contribution in [-0.4, -0.2) is 0 Å². The summed E-state index contributed by atoms with van der Waals surface area (Å²) in [6, 6.07) is 11.4. The van der Waals surface area contributed by atoms with Crippen molar-refractivity contribution in [2.75, 3.05) is 0 Å². The highest BCUT2D eigenvalue weighted by atomic mass is 79.9. The summed E-state index contributed by atoms with van der Waals surface area (Å²) < 4.78 is 27.1. The van der Waals surface area contributed by atoms with Gasteiger partial charge in [-0.05, 0) is 39.7 Å². The van der Waals surface area contributed by atoms with E-state index in [-0.39, 0.29) is 11.6 Å². The lowest BCUT2D eigenvalue weighted by Gasteiger charge is -2.05. The second-order valence-electron chi connectivity index (χ2n) is 3.43. The molecule has 0 nitrogen and oxygen atoms in total. The normalized spacial score (nSPS) is 10.5. The molecule has 4 heteroatoms. The van der Waals surface area contributed by atoms with E-state index in [2.05, 4.69) is 15.9 Å². The first-order valence-electron chi connectivity index (χ1n) is 4.98. The second kappa shape index (κ2) is 5.65. The Morgan fingerprint density at radius 1 is 0.941 bits per heavy atom. The Balaban J connectivity index is 2.13. The van der Waals surface area contributed by atoms with Crippen molar-refractivity contribution in [1.29, 1.82) is 0 Å². The van der Waals surface area contributed by atoms with E-state index in [1.165, 1.54) is 23.9 Å². The van der Waals surface area contributed by atoms with Crippen molar-refractivity contribution in [2.45, 2.75) is 10.6 Å². The molecule has 0 heterocycles. The third-order valence-electron chi connectivity index (χ3n) is 2.25. The quantitative estimate of drug-likeness (QED) is 0.717. The monoisotopic (exact) mass is 314 g/mol. The fourth-order valence-electron chi connectivity index (χ4n) is 1.38. The molecular weight excluding hydrogens is 306 g/mol. The zero-order valence-electron chi connectivity index (χ0n) is 8.79. The van der Waals surface area contributed by atoms with Gasteiger partial charge in [0.2, 0.25) is 0 Å². The van der Waals surface area contributed by atoms with E-state index in [9.17, 15) is 8.78 Å². The standard InChI is InChI=1S/C13H9BrF2S/c14-13-9(4-3-6-11(13)16)8-17-12-7-2-1-5-10(12)15/h1-7H,8H2. The third kappa shape index (κ3) is 3.07. The average molecular weight is 315 g/mol. The first kappa shape index (κ1) is 12.6. The van der Waals surface area contributed by atoms with E-state index < -0.39 is 0 Å². The smallest absolute Gasteiger partial charge is 0.137 e. The highest BCUT2D eigenvalue weighted by molar-refractivity contribution is 9.10. The van der Waals surface area contributed by atoms with Gasteiger partial charge in [0.05, 0.1) is 4.47 Å². The molecule has 17 heavy (non-hydrogen) atoms. The maximum absolute atomic E-state index is 13.4. The van der Waals surface area contributed by atoms with Gasteiger partial charge >= 0.3 is 0 Å². The van der Waals surface area contributed by atoms with Crippen molar-refractivity contribution in [3.05, 3.63) is 64.1 Å². The molecule has 2 rings (SSSR count). The molecule has 0 aromatic heterocycles. The predicted octanol–water partition coefficient (Wildman–Crippen LogP) is 5.02. The molecule has 88 valence electrons. The van der Waals surface area contributed by atoms with Crippen molar-refractivity contribution in [2.24, 2.45) is 0 Å². The Hall–Kier alpha value is -0.870. The number of hydrogen-bond acceptors (Lipinski definition) is 1. The van der Waals surface area contributed by atoms with Crippen LogP contribution in [0.2, 0.25) is 0 Å². The number of benzene rings is 2. The van der Waals surface area contributed by atoms with Gasteiger partial charge in [0, 0.05) is 10.6 Å². The zero-order valence-corrected chi connectivity index (χ0v) is 11.2. The number of thioether (sulfide) groups is 1. The lowest BCUT2D eigenvalue weighted by atomic mass is 10.2. The first-order valence-corrected chi connectivity index (χ1v) is 6.76. The van der Waals surface area contributed by atoms with Gasteiger partial charge < -0.3 is 0 Å². The van der Waals surface area contributed by atoms with Crippen LogP contribution in [0.5, 0.6) is 0 Å². The van der Waals surface area contributed by atoms with E-state index in [0.717, 1.165) is 5.56 Å². The van der Waals surface area contributed by atoms with Crippen LogP contribution in [0.15, 0.2) is 51.8 Å². The first-order chi connectivity index (χ1) is 8.18. The second-order valence-corrected chi connectivity index (χ2v) is 5.24. The molecular formula is C13H9BrF2S. The third-order valence-corrected chi connectivity index (χ3v) is 4.24. The molecule has 0 amide bonds. The molecule has 0 saturated carbocycles. The average Bonchev–Trinajstić information content (AvgIpc) is 2.33. The minimum absolute atomic E-state index is 0.245. The van der Waals surface area contributed by atoms with Crippen LogP contribution < -0.4 is 0 Å². The SMILES string of the molecule is Fc1ccccc1SCc1cccc(F)c1Br. The van der Waals surface area contributed by atoms with Crippen LogP contribution in [0, 0.1) is 11.6 Å². The van der Waals surface area contributed by atoms with E-state index in [0.29, 0.717) is 15.1 Å². The van der Waals surface area contributed by atoms with Gasteiger partial charge in [-0.25, -0.2) is 8.78 Å².